The molecule has 4 aromatic rings. The van der Waals surface area contributed by atoms with Crippen LogP contribution in [0.25, 0.3) is 21.8 Å². The maximum Gasteiger partial charge on any atom is 0.416 e. The van der Waals surface area contributed by atoms with E-state index < -0.39 is 23.5 Å². The largest absolute Gasteiger partial charge is 0.488 e. The number of thiazole rings is 1. The molecule has 35 heavy (non-hydrogen) atoms. The van der Waals surface area contributed by atoms with Gasteiger partial charge in [0.05, 0.1) is 21.7 Å². The number of rotatable bonds is 5. The van der Waals surface area contributed by atoms with Gasteiger partial charge >= 0.3 is 12.4 Å². The second kappa shape index (κ2) is 9.03. The van der Waals surface area contributed by atoms with E-state index in [1.807, 2.05) is 0 Å². The summed E-state index contributed by atoms with van der Waals surface area (Å²) in [5.74, 6) is -0.120. The molecule has 2 heterocycles. The van der Waals surface area contributed by atoms with E-state index in [4.69, 9.17) is 10.00 Å². The normalized spacial score (nSPS) is 11.9. The van der Waals surface area contributed by atoms with Crippen LogP contribution in [0.1, 0.15) is 27.4 Å². The predicted octanol–water partition coefficient (Wildman–Crippen LogP) is 6.39. The Bertz CT molecular complexity index is 1400. The van der Waals surface area contributed by atoms with Crippen LogP contribution in [-0.4, -0.2) is 20.4 Å². The predicted molar refractivity (Wildman–Crippen MR) is 113 cm³/mol. The van der Waals surface area contributed by atoms with Crippen LogP contribution in [0.3, 0.4) is 0 Å². The lowest BCUT2D eigenvalue weighted by Crippen LogP contribution is -2.06. The summed E-state index contributed by atoms with van der Waals surface area (Å²) in [7, 11) is 0. The Hall–Kier alpha value is -3.92. The Morgan fingerprint density at radius 1 is 0.943 bits per heavy atom. The number of aryl methyl sites for hydroxylation is 1. The van der Waals surface area contributed by atoms with Gasteiger partial charge in [-0.25, -0.2) is 4.98 Å². The average molecular weight is 509 g/mol. The smallest absolute Gasteiger partial charge is 0.416 e. The minimum absolute atomic E-state index is 0.00778. The summed E-state index contributed by atoms with van der Waals surface area (Å²) in [6.07, 6.45) is -9.14. The standard InChI is InChI=1S/C22H13F6N5OS/c1-11-18(35-20(30-11)12-2-4-14(5-3-12)21(23,24)25)10-34-16-7-13(6-15(8-16)22(26,27)28)19-17(9-29)31-33-32-19/h2-8H,10H2,1H3,(H,31,32,33). The first-order valence-electron chi connectivity index (χ1n) is 9.76. The van der Waals surface area contributed by atoms with Crippen LogP contribution in [0.5, 0.6) is 5.75 Å². The molecule has 4 rings (SSSR count). The van der Waals surface area contributed by atoms with E-state index in [9.17, 15) is 26.3 Å². The Balaban J connectivity index is 1.60. The highest BCUT2D eigenvalue weighted by Gasteiger charge is 2.32. The quantitative estimate of drug-likeness (QED) is 0.315. The molecule has 0 aliphatic heterocycles. The first-order chi connectivity index (χ1) is 16.5. The fraction of sp³-hybridized carbons (Fsp3) is 0.182. The molecule has 180 valence electrons. The lowest BCUT2D eigenvalue weighted by atomic mass is 10.1. The zero-order valence-electron chi connectivity index (χ0n) is 17.6. The van der Waals surface area contributed by atoms with Gasteiger partial charge in [0.1, 0.15) is 29.1 Å². The number of aromatic amines is 1. The van der Waals surface area contributed by atoms with Gasteiger partial charge in [0.15, 0.2) is 5.69 Å². The van der Waals surface area contributed by atoms with Crippen LogP contribution in [0, 0.1) is 18.3 Å². The molecule has 0 fully saturated rings. The molecule has 0 saturated carbocycles. The van der Waals surface area contributed by atoms with E-state index in [0.717, 1.165) is 35.6 Å². The van der Waals surface area contributed by atoms with E-state index in [1.54, 1.807) is 13.0 Å². The fourth-order valence-corrected chi connectivity index (χ4v) is 4.11. The fourth-order valence-electron chi connectivity index (χ4n) is 3.13. The van der Waals surface area contributed by atoms with Gasteiger partial charge in [0, 0.05) is 11.1 Å². The highest BCUT2D eigenvalue weighted by Crippen LogP contribution is 2.37. The average Bonchev–Trinajstić information content (AvgIpc) is 3.43. The number of hydrogen-bond donors (Lipinski definition) is 1. The van der Waals surface area contributed by atoms with Gasteiger partial charge in [0.2, 0.25) is 0 Å². The molecule has 2 aromatic heterocycles. The molecule has 2 aromatic carbocycles. The Morgan fingerprint density at radius 2 is 1.63 bits per heavy atom. The third-order valence-corrected chi connectivity index (χ3v) is 6.06. The molecule has 0 unspecified atom stereocenters. The van der Waals surface area contributed by atoms with Crippen molar-refractivity contribution in [3.05, 3.63) is 69.9 Å². The SMILES string of the molecule is Cc1nc(-c2ccc(C(F)(F)F)cc2)sc1COc1cc(-c2n[nH]nc2C#N)cc(C(F)(F)F)c1. The van der Waals surface area contributed by atoms with Crippen molar-refractivity contribution in [3.8, 4) is 33.6 Å². The van der Waals surface area contributed by atoms with Crippen molar-refractivity contribution in [2.45, 2.75) is 25.9 Å². The zero-order chi connectivity index (χ0) is 25.4. The molecule has 0 bridgehead atoms. The molecule has 0 radical (unpaired) electrons. The van der Waals surface area contributed by atoms with Crippen LogP contribution in [0.4, 0.5) is 26.3 Å². The van der Waals surface area contributed by atoms with Gasteiger partial charge in [-0.3, -0.25) is 0 Å². The van der Waals surface area contributed by atoms with Crippen molar-refractivity contribution in [1.82, 2.24) is 20.4 Å². The van der Waals surface area contributed by atoms with Crippen LogP contribution in [0.15, 0.2) is 42.5 Å². The number of aromatic nitrogens is 4. The topological polar surface area (TPSA) is 87.5 Å². The zero-order valence-corrected chi connectivity index (χ0v) is 18.4. The van der Waals surface area contributed by atoms with E-state index in [2.05, 4.69) is 20.4 Å². The summed E-state index contributed by atoms with van der Waals surface area (Å²) in [4.78, 5) is 4.92. The molecule has 13 heteroatoms. The molecule has 1 N–H and O–H groups in total. The summed E-state index contributed by atoms with van der Waals surface area (Å²) >= 11 is 1.15. The molecule has 0 aliphatic carbocycles. The summed E-state index contributed by atoms with van der Waals surface area (Å²) in [5, 5.41) is 19.1. The number of ether oxygens (including phenoxy) is 1. The Morgan fingerprint density at radius 3 is 2.26 bits per heavy atom. The molecular formula is C22H13F6N5OS. The number of alkyl halides is 6. The Labute approximate surface area is 197 Å². The molecule has 0 saturated heterocycles. The van der Waals surface area contributed by atoms with Crippen LogP contribution >= 0.6 is 11.3 Å². The minimum atomic E-state index is -4.68. The number of nitrogens with zero attached hydrogens (tertiary/aromatic N) is 4. The maximum atomic E-state index is 13.4. The van der Waals surface area contributed by atoms with Crippen molar-refractivity contribution in [2.75, 3.05) is 0 Å². The number of benzene rings is 2. The third kappa shape index (κ3) is 5.27. The van der Waals surface area contributed by atoms with E-state index in [1.165, 1.54) is 18.2 Å². The van der Waals surface area contributed by atoms with Crippen LogP contribution < -0.4 is 4.74 Å². The van der Waals surface area contributed by atoms with Gasteiger partial charge in [-0.1, -0.05) is 12.1 Å². The van der Waals surface area contributed by atoms with Gasteiger partial charge in [-0.2, -0.15) is 41.9 Å². The lowest BCUT2D eigenvalue weighted by Gasteiger charge is -2.12. The summed E-state index contributed by atoms with van der Waals surface area (Å²) in [5.41, 5.74) is -1.02. The first-order valence-corrected chi connectivity index (χ1v) is 10.6. The number of H-pyrrole nitrogens is 1. The number of hydrogen-bond acceptors (Lipinski definition) is 6. The molecule has 0 atom stereocenters. The number of halogens is 6. The van der Waals surface area contributed by atoms with Gasteiger partial charge in [-0.05, 0) is 37.3 Å². The van der Waals surface area contributed by atoms with Crippen molar-refractivity contribution in [1.29, 1.82) is 5.26 Å². The van der Waals surface area contributed by atoms with E-state index in [0.29, 0.717) is 21.1 Å². The van der Waals surface area contributed by atoms with Crippen molar-refractivity contribution in [2.24, 2.45) is 0 Å². The molecule has 0 aliphatic rings. The monoisotopic (exact) mass is 509 g/mol. The van der Waals surface area contributed by atoms with Gasteiger partial charge in [-0.15, -0.1) is 16.4 Å². The highest BCUT2D eigenvalue weighted by atomic mass is 32.1. The molecule has 0 spiro atoms. The van der Waals surface area contributed by atoms with Gasteiger partial charge in [0.25, 0.3) is 0 Å². The van der Waals surface area contributed by atoms with E-state index in [-0.39, 0.29) is 29.3 Å². The highest BCUT2D eigenvalue weighted by molar-refractivity contribution is 7.15. The second-order valence-corrected chi connectivity index (χ2v) is 8.35. The first kappa shape index (κ1) is 24.2. The van der Waals surface area contributed by atoms with E-state index >= 15 is 0 Å². The van der Waals surface area contributed by atoms with Gasteiger partial charge < -0.3 is 4.74 Å². The summed E-state index contributed by atoms with van der Waals surface area (Å²) < 4.78 is 84.3. The maximum absolute atomic E-state index is 13.4. The number of nitrogens with one attached hydrogen (secondary N) is 1. The third-order valence-electron chi connectivity index (χ3n) is 4.88. The minimum Gasteiger partial charge on any atom is -0.488 e. The molecule has 0 amide bonds. The lowest BCUT2D eigenvalue weighted by molar-refractivity contribution is -0.138. The Kier molecular flexibility index (Phi) is 6.25. The van der Waals surface area contributed by atoms with Crippen LogP contribution in [0.2, 0.25) is 0 Å². The summed E-state index contributed by atoms with van der Waals surface area (Å²) in [6.45, 7) is 1.53. The van der Waals surface area contributed by atoms with Crippen molar-refractivity contribution >= 4 is 11.3 Å². The molecule has 6 nitrogen and oxygen atoms in total. The van der Waals surface area contributed by atoms with Crippen LogP contribution in [-0.2, 0) is 19.0 Å². The summed E-state index contributed by atoms with van der Waals surface area (Å²) in [6, 6.07) is 9.22. The van der Waals surface area contributed by atoms with Crippen molar-refractivity contribution < 1.29 is 31.1 Å². The number of nitriles is 1. The van der Waals surface area contributed by atoms with Crippen molar-refractivity contribution in [3.63, 3.8) is 0 Å². The second-order valence-electron chi connectivity index (χ2n) is 7.27. The molecular weight excluding hydrogens is 496 g/mol.